The fourth-order valence-corrected chi connectivity index (χ4v) is 3.91. The number of hydrogen-bond acceptors (Lipinski definition) is 5. The topological polar surface area (TPSA) is 46.2 Å². The molecule has 0 aliphatic carbocycles. The van der Waals surface area contributed by atoms with Crippen LogP contribution in [0, 0.1) is 0 Å². The lowest BCUT2D eigenvalue weighted by molar-refractivity contribution is 0.173. The Hall–Kier alpha value is -3.34. The number of methoxy groups -OCH3 is 1. The van der Waals surface area contributed by atoms with E-state index >= 15 is 0 Å². The molecule has 2 aliphatic heterocycles. The summed E-state index contributed by atoms with van der Waals surface area (Å²) in [6.45, 7) is 0.614. The van der Waals surface area contributed by atoms with Crippen LogP contribution in [0.15, 0.2) is 54.6 Å². The Morgan fingerprint density at radius 3 is 1.53 bits per heavy atom. The van der Waals surface area contributed by atoms with Crippen LogP contribution in [0.4, 0.5) is 0 Å². The standard InChI is InChI=1S/C25H24O5/c1-26-21-11-19(4-2-17-6-8-22-24(13-17)29-15-27-22)10-20(12-21)5-3-18-7-9-23-25(14-18)30-16-28-23/h6-14H,2-5,15-16H2,1H3. The van der Waals surface area contributed by atoms with Crippen molar-refractivity contribution in [2.24, 2.45) is 0 Å². The van der Waals surface area contributed by atoms with Gasteiger partial charge in [-0.15, -0.1) is 0 Å². The maximum absolute atomic E-state index is 5.55. The van der Waals surface area contributed by atoms with Crippen molar-refractivity contribution in [3.05, 3.63) is 76.9 Å². The lowest BCUT2D eigenvalue weighted by atomic mass is 9.98. The van der Waals surface area contributed by atoms with Gasteiger partial charge in [-0.25, -0.2) is 0 Å². The van der Waals surface area contributed by atoms with E-state index in [1.165, 1.54) is 22.3 Å². The molecule has 2 aliphatic rings. The molecule has 0 unspecified atom stereocenters. The van der Waals surface area contributed by atoms with Crippen LogP contribution >= 0.6 is 0 Å². The summed E-state index contributed by atoms with van der Waals surface area (Å²) in [6, 6.07) is 18.9. The Kier molecular flexibility index (Phi) is 5.10. The van der Waals surface area contributed by atoms with Gasteiger partial charge >= 0.3 is 0 Å². The van der Waals surface area contributed by atoms with Gasteiger partial charge in [0, 0.05) is 0 Å². The first kappa shape index (κ1) is 18.7. The van der Waals surface area contributed by atoms with Crippen molar-refractivity contribution in [3.8, 4) is 28.7 Å². The van der Waals surface area contributed by atoms with Crippen molar-refractivity contribution in [3.63, 3.8) is 0 Å². The molecule has 0 atom stereocenters. The third kappa shape index (κ3) is 4.01. The van der Waals surface area contributed by atoms with Crippen LogP contribution in [-0.2, 0) is 25.7 Å². The summed E-state index contributed by atoms with van der Waals surface area (Å²) in [5, 5.41) is 0. The highest BCUT2D eigenvalue weighted by Crippen LogP contribution is 2.34. The molecule has 5 nitrogen and oxygen atoms in total. The summed E-state index contributed by atoms with van der Waals surface area (Å²) in [5.41, 5.74) is 5.02. The molecule has 5 rings (SSSR count). The molecule has 0 fully saturated rings. The molecule has 0 aromatic heterocycles. The molecule has 0 amide bonds. The van der Waals surface area contributed by atoms with Crippen LogP contribution in [0.5, 0.6) is 28.7 Å². The summed E-state index contributed by atoms with van der Waals surface area (Å²) in [7, 11) is 1.72. The quantitative estimate of drug-likeness (QED) is 0.570. The van der Waals surface area contributed by atoms with E-state index in [0.29, 0.717) is 13.6 Å². The summed E-state index contributed by atoms with van der Waals surface area (Å²) < 4.78 is 27.3. The smallest absolute Gasteiger partial charge is 0.231 e. The zero-order chi connectivity index (χ0) is 20.3. The fraction of sp³-hybridized carbons (Fsp3) is 0.280. The summed E-state index contributed by atoms with van der Waals surface area (Å²) >= 11 is 0. The lowest BCUT2D eigenvalue weighted by Gasteiger charge is -2.10. The van der Waals surface area contributed by atoms with Crippen molar-refractivity contribution in [2.75, 3.05) is 20.7 Å². The highest BCUT2D eigenvalue weighted by molar-refractivity contribution is 5.46. The third-order valence-electron chi connectivity index (χ3n) is 5.54. The number of hydrogen-bond donors (Lipinski definition) is 0. The van der Waals surface area contributed by atoms with Gasteiger partial charge < -0.3 is 23.7 Å². The van der Waals surface area contributed by atoms with Crippen molar-refractivity contribution in [2.45, 2.75) is 25.7 Å². The highest BCUT2D eigenvalue weighted by atomic mass is 16.7. The van der Waals surface area contributed by atoms with Crippen LogP contribution in [0.2, 0.25) is 0 Å². The molecule has 5 heteroatoms. The van der Waals surface area contributed by atoms with Crippen LogP contribution in [0.1, 0.15) is 22.3 Å². The number of benzene rings is 3. The number of aryl methyl sites for hydroxylation is 4. The molecule has 2 heterocycles. The summed E-state index contributed by atoms with van der Waals surface area (Å²) in [4.78, 5) is 0. The molecule has 0 saturated carbocycles. The second-order valence-electron chi connectivity index (χ2n) is 7.56. The predicted octanol–water partition coefficient (Wildman–Crippen LogP) is 4.72. The SMILES string of the molecule is COc1cc(CCc2ccc3c(c2)OCO3)cc(CCc2ccc3c(c2)OCO3)c1. The van der Waals surface area contributed by atoms with E-state index in [4.69, 9.17) is 23.7 Å². The van der Waals surface area contributed by atoms with Crippen LogP contribution < -0.4 is 23.7 Å². The van der Waals surface area contributed by atoms with Gasteiger partial charge in [-0.1, -0.05) is 18.2 Å². The molecular weight excluding hydrogens is 380 g/mol. The van der Waals surface area contributed by atoms with Crippen LogP contribution in [0.25, 0.3) is 0 Å². The Morgan fingerprint density at radius 2 is 1.03 bits per heavy atom. The minimum Gasteiger partial charge on any atom is -0.497 e. The molecule has 154 valence electrons. The maximum Gasteiger partial charge on any atom is 0.231 e. The molecular formula is C25H24O5. The molecule has 0 N–H and O–H groups in total. The summed E-state index contributed by atoms with van der Waals surface area (Å²) in [6.07, 6.45) is 3.75. The Labute approximate surface area is 176 Å². The van der Waals surface area contributed by atoms with E-state index in [2.05, 4.69) is 42.5 Å². The second kappa shape index (κ2) is 8.19. The zero-order valence-corrected chi connectivity index (χ0v) is 17.0. The van der Waals surface area contributed by atoms with Gasteiger partial charge in [0.15, 0.2) is 23.0 Å². The van der Waals surface area contributed by atoms with E-state index in [0.717, 1.165) is 54.4 Å². The van der Waals surface area contributed by atoms with Gasteiger partial charge in [0.05, 0.1) is 7.11 Å². The largest absolute Gasteiger partial charge is 0.497 e. The maximum atomic E-state index is 5.55. The Bertz CT molecular complexity index is 980. The van der Waals surface area contributed by atoms with Gasteiger partial charge in [-0.05, 0) is 84.3 Å². The van der Waals surface area contributed by atoms with Gasteiger partial charge in [-0.2, -0.15) is 0 Å². The Balaban J connectivity index is 1.26. The number of fused-ring (bicyclic) bond motifs is 2. The first-order chi connectivity index (χ1) is 14.8. The lowest BCUT2D eigenvalue weighted by Crippen LogP contribution is -1.97. The van der Waals surface area contributed by atoms with Crippen molar-refractivity contribution in [1.82, 2.24) is 0 Å². The second-order valence-corrected chi connectivity index (χ2v) is 7.56. The molecule has 0 bridgehead atoms. The fourth-order valence-electron chi connectivity index (χ4n) is 3.91. The molecule has 3 aromatic rings. The van der Waals surface area contributed by atoms with Gasteiger partial charge in [-0.3, -0.25) is 0 Å². The molecule has 0 saturated heterocycles. The van der Waals surface area contributed by atoms with Gasteiger partial charge in [0.2, 0.25) is 13.6 Å². The molecule has 30 heavy (non-hydrogen) atoms. The van der Waals surface area contributed by atoms with Crippen LogP contribution in [0.3, 0.4) is 0 Å². The molecule has 0 spiro atoms. The number of ether oxygens (including phenoxy) is 5. The van der Waals surface area contributed by atoms with Crippen molar-refractivity contribution >= 4 is 0 Å². The molecule has 0 radical (unpaired) electrons. The normalized spacial score (nSPS) is 13.5. The minimum atomic E-state index is 0.307. The van der Waals surface area contributed by atoms with Gasteiger partial charge in [0.1, 0.15) is 5.75 Å². The van der Waals surface area contributed by atoms with E-state index in [9.17, 15) is 0 Å². The predicted molar refractivity (Wildman–Crippen MR) is 113 cm³/mol. The average Bonchev–Trinajstić information content (AvgIpc) is 3.44. The van der Waals surface area contributed by atoms with Crippen LogP contribution in [-0.4, -0.2) is 20.7 Å². The van der Waals surface area contributed by atoms with E-state index in [-0.39, 0.29) is 0 Å². The van der Waals surface area contributed by atoms with Crippen molar-refractivity contribution < 1.29 is 23.7 Å². The highest BCUT2D eigenvalue weighted by Gasteiger charge is 2.14. The van der Waals surface area contributed by atoms with E-state index in [1.807, 2.05) is 12.1 Å². The monoisotopic (exact) mass is 404 g/mol. The zero-order valence-electron chi connectivity index (χ0n) is 17.0. The van der Waals surface area contributed by atoms with Gasteiger partial charge in [0.25, 0.3) is 0 Å². The third-order valence-corrected chi connectivity index (χ3v) is 5.54. The average molecular weight is 404 g/mol. The van der Waals surface area contributed by atoms with E-state index in [1.54, 1.807) is 7.11 Å². The Morgan fingerprint density at radius 1 is 0.567 bits per heavy atom. The minimum absolute atomic E-state index is 0.307. The van der Waals surface area contributed by atoms with E-state index < -0.39 is 0 Å². The first-order valence-corrected chi connectivity index (χ1v) is 10.2. The number of rotatable bonds is 7. The van der Waals surface area contributed by atoms with Crippen molar-refractivity contribution in [1.29, 1.82) is 0 Å². The molecule has 3 aromatic carbocycles. The summed E-state index contributed by atoms with van der Waals surface area (Å²) in [5.74, 6) is 4.22. The first-order valence-electron chi connectivity index (χ1n) is 10.2.